The third kappa shape index (κ3) is 2.51. The van der Waals surface area contributed by atoms with Crippen LogP contribution in [0.15, 0.2) is 60.7 Å². The normalized spacial score (nSPS) is 11.2. The Morgan fingerprint density at radius 3 is 2.46 bits per heavy atom. The van der Waals surface area contributed by atoms with E-state index in [1.165, 1.54) is 38.6 Å². The second-order valence-electron chi connectivity index (χ2n) is 6.59. The van der Waals surface area contributed by atoms with Crippen LogP contribution in [-0.4, -0.2) is 18.2 Å². The van der Waals surface area contributed by atoms with Gasteiger partial charge in [0.25, 0.3) is 0 Å². The first-order chi connectivity index (χ1) is 12.8. The third-order valence-electron chi connectivity index (χ3n) is 4.99. The highest BCUT2D eigenvalue weighted by Gasteiger charge is 2.20. The van der Waals surface area contributed by atoms with Crippen molar-refractivity contribution in [2.75, 3.05) is 19.0 Å². The zero-order valence-corrected chi connectivity index (χ0v) is 15.5. The molecule has 0 spiro atoms. The van der Waals surface area contributed by atoms with Crippen LogP contribution in [0.3, 0.4) is 0 Å². The molecule has 4 aromatic rings. The molecule has 0 unspecified atom stereocenters. The number of nitrogens with one attached hydrogen (secondary N) is 1. The van der Waals surface area contributed by atoms with Gasteiger partial charge in [-0.2, -0.15) is 0 Å². The molecular formula is C23H24N2O. The van der Waals surface area contributed by atoms with Crippen LogP contribution in [0.1, 0.15) is 13.3 Å². The Morgan fingerprint density at radius 1 is 1.00 bits per heavy atom. The van der Waals surface area contributed by atoms with E-state index in [1.54, 1.807) is 7.11 Å². The predicted octanol–water partition coefficient (Wildman–Crippen LogP) is 5.83. The van der Waals surface area contributed by atoms with Gasteiger partial charge in [0.2, 0.25) is 0 Å². The van der Waals surface area contributed by atoms with Gasteiger partial charge in [0.1, 0.15) is 5.75 Å². The molecule has 0 radical (unpaired) electrons. The van der Waals surface area contributed by atoms with Gasteiger partial charge in [0.05, 0.1) is 23.7 Å². The fourth-order valence-corrected chi connectivity index (χ4v) is 3.77. The van der Waals surface area contributed by atoms with Crippen molar-refractivity contribution in [3.05, 3.63) is 60.7 Å². The van der Waals surface area contributed by atoms with Crippen molar-refractivity contribution in [3.8, 4) is 16.9 Å². The van der Waals surface area contributed by atoms with Gasteiger partial charge in [-0.1, -0.05) is 55.5 Å². The average molecular weight is 344 g/mol. The van der Waals surface area contributed by atoms with Crippen LogP contribution in [0.5, 0.6) is 5.75 Å². The first-order valence-electron chi connectivity index (χ1n) is 9.13. The summed E-state index contributed by atoms with van der Waals surface area (Å²) < 4.78 is 8.10. The zero-order valence-electron chi connectivity index (χ0n) is 15.5. The standard InChI is InChI=1S/C23H24N2O/c1-4-14-24-22-18(16-10-6-5-7-11-16)15-20(26-3)21-17-12-8-9-13-19(17)25(2)23(21)22/h5-13,15,24H,4,14H2,1-3H3. The van der Waals surface area contributed by atoms with Gasteiger partial charge in [-0.3, -0.25) is 0 Å². The lowest BCUT2D eigenvalue weighted by molar-refractivity contribution is 0.420. The van der Waals surface area contributed by atoms with Gasteiger partial charge < -0.3 is 14.6 Å². The Balaban J connectivity index is 2.15. The van der Waals surface area contributed by atoms with Crippen molar-refractivity contribution in [1.29, 1.82) is 0 Å². The number of para-hydroxylation sites is 1. The monoisotopic (exact) mass is 344 g/mol. The molecule has 0 atom stereocenters. The molecule has 3 nitrogen and oxygen atoms in total. The number of nitrogens with zero attached hydrogens (tertiary/aromatic N) is 1. The fraction of sp³-hybridized carbons (Fsp3) is 0.217. The largest absolute Gasteiger partial charge is 0.496 e. The maximum Gasteiger partial charge on any atom is 0.129 e. The molecule has 0 fully saturated rings. The van der Waals surface area contributed by atoms with E-state index >= 15 is 0 Å². The van der Waals surface area contributed by atoms with Crippen molar-refractivity contribution in [1.82, 2.24) is 4.57 Å². The van der Waals surface area contributed by atoms with Crippen LogP contribution in [-0.2, 0) is 7.05 Å². The zero-order chi connectivity index (χ0) is 18.1. The van der Waals surface area contributed by atoms with Crippen LogP contribution < -0.4 is 10.1 Å². The highest BCUT2D eigenvalue weighted by molar-refractivity contribution is 6.17. The first kappa shape index (κ1) is 16.5. The van der Waals surface area contributed by atoms with E-state index in [0.29, 0.717) is 0 Å². The van der Waals surface area contributed by atoms with E-state index < -0.39 is 0 Å². The van der Waals surface area contributed by atoms with E-state index in [0.717, 1.165) is 18.7 Å². The van der Waals surface area contributed by atoms with Crippen molar-refractivity contribution in [2.45, 2.75) is 13.3 Å². The molecule has 1 heterocycles. The van der Waals surface area contributed by atoms with Gasteiger partial charge in [0.15, 0.2) is 0 Å². The minimum atomic E-state index is 0.915. The molecule has 0 saturated heterocycles. The lowest BCUT2D eigenvalue weighted by atomic mass is 9.99. The Morgan fingerprint density at radius 2 is 1.73 bits per heavy atom. The topological polar surface area (TPSA) is 26.2 Å². The smallest absolute Gasteiger partial charge is 0.129 e. The van der Waals surface area contributed by atoms with Gasteiger partial charge in [0, 0.05) is 30.1 Å². The molecular weight excluding hydrogens is 320 g/mol. The molecule has 26 heavy (non-hydrogen) atoms. The number of anilines is 1. The molecule has 0 saturated carbocycles. The number of aryl methyl sites for hydroxylation is 1. The minimum absolute atomic E-state index is 0.915. The fourth-order valence-electron chi connectivity index (χ4n) is 3.77. The number of hydrogen-bond acceptors (Lipinski definition) is 2. The molecule has 3 aromatic carbocycles. The molecule has 0 bridgehead atoms. The van der Waals surface area contributed by atoms with Crippen LogP contribution in [0.4, 0.5) is 5.69 Å². The van der Waals surface area contributed by atoms with Crippen molar-refractivity contribution in [3.63, 3.8) is 0 Å². The maximum atomic E-state index is 5.83. The van der Waals surface area contributed by atoms with E-state index in [-0.39, 0.29) is 0 Å². The predicted molar refractivity (Wildman–Crippen MR) is 111 cm³/mol. The minimum Gasteiger partial charge on any atom is -0.496 e. The number of rotatable bonds is 5. The summed E-state index contributed by atoms with van der Waals surface area (Å²) in [6.45, 7) is 3.13. The third-order valence-corrected chi connectivity index (χ3v) is 4.99. The summed E-state index contributed by atoms with van der Waals surface area (Å²) in [6, 6.07) is 21.2. The van der Waals surface area contributed by atoms with E-state index in [4.69, 9.17) is 4.74 Å². The molecule has 0 aliphatic heterocycles. The number of benzene rings is 3. The lowest BCUT2D eigenvalue weighted by Crippen LogP contribution is -2.04. The molecule has 0 aliphatic rings. The number of methoxy groups -OCH3 is 1. The van der Waals surface area contributed by atoms with E-state index in [1.807, 2.05) is 0 Å². The Hall–Kier alpha value is -2.94. The molecule has 1 aromatic heterocycles. The summed E-state index contributed by atoms with van der Waals surface area (Å²) in [6.07, 6.45) is 1.08. The molecule has 0 aliphatic carbocycles. The number of hydrogen-bond donors (Lipinski definition) is 1. The van der Waals surface area contributed by atoms with Gasteiger partial charge >= 0.3 is 0 Å². The van der Waals surface area contributed by atoms with Crippen molar-refractivity contribution >= 4 is 27.5 Å². The Bertz CT molecular complexity index is 1060. The SMILES string of the molecule is CCCNc1c(-c2ccccc2)cc(OC)c2c3ccccc3n(C)c12. The molecule has 132 valence electrons. The van der Waals surface area contributed by atoms with Crippen molar-refractivity contribution in [2.24, 2.45) is 7.05 Å². The second kappa shape index (κ2) is 6.75. The molecule has 0 amide bonds. The van der Waals surface area contributed by atoms with E-state index in [2.05, 4.69) is 84.5 Å². The van der Waals surface area contributed by atoms with Gasteiger partial charge in [-0.25, -0.2) is 0 Å². The molecule has 4 rings (SSSR count). The average Bonchev–Trinajstić information content (AvgIpc) is 3.00. The number of fused-ring (bicyclic) bond motifs is 3. The lowest BCUT2D eigenvalue weighted by Gasteiger charge is -2.17. The van der Waals surface area contributed by atoms with Crippen LogP contribution >= 0.6 is 0 Å². The van der Waals surface area contributed by atoms with Gasteiger partial charge in [-0.15, -0.1) is 0 Å². The number of aromatic nitrogens is 1. The van der Waals surface area contributed by atoms with Crippen LogP contribution in [0.25, 0.3) is 32.9 Å². The van der Waals surface area contributed by atoms with E-state index in [9.17, 15) is 0 Å². The summed E-state index contributed by atoms with van der Waals surface area (Å²) in [5.41, 5.74) is 5.95. The van der Waals surface area contributed by atoms with Crippen molar-refractivity contribution < 1.29 is 4.74 Å². The highest BCUT2D eigenvalue weighted by atomic mass is 16.5. The van der Waals surface area contributed by atoms with Crippen LogP contribution in [0.2, 0.25) is 0 Å². The Labute approximate surface area is 154 Å². The first-order valence-corrected chi connectivity index (χ1v) is 9.13. The number of ether oxygens (including phenoxy) is 1. The van der Waals surface area contributed by atoms with Crippen LogP contribution in [0, 0.1) is 0 Å². The second-order valence-corrected chi connectivity index (χ2v) is 6.59. The maximum absolute atomic E-state index is 5.83. The summed E-state index contributed by atoms with van der Waals surface area (Å²) in [4.78, 5) is 0. The summed E-state index contributed by atoms with van der Waals surface area (Å²) in [7, 11) is 3.89. The molecule has 3 heteroatoms. The highest BCUT2D eigenvalue weighted by Crippen LogP contribution is 2.44. The molecule has 1 N–H and O–H groups in total. The Kier molecular flexibility index (Phi) is 4.29. The van der Waals surface area contributed by atoms with Gasteiger partial charge in [-0.05, 0) is 24.1 Å². The summed E-state index contributed by atoms with van der Waals surface area (Å²) in [5.74, 6) is 0.915. The quantitative estimate of drug-likeness (QED) is 0.493. The summed E-state index contributed by atoms with van der Waals surface area (Å²) >= 11 is 0. The summed E-state index contributed by atoms with van der Waals surface area (Å²) in [5, 5.41) is 6.07.